The standard InChI is InChI=1S/C22H34FN7O/c1-17-27-28-20(29(17)4)15-25-21(24-8-9-30-10-12-31-13-11-30)26-16-22(2,3)18-6-5-7-19(23)14-18/h5-7,14H,8-13,15-16H2,1-4H3,(H2,24,25,26). The Morgan fingerprint density at radius 3 is 2.68 bits per heavy atom. The zero-order valence-corrected chi connectivity index (χ0v) is 19.0. The quantitative estimate of drug-likeness (QED) is 0.488. The molecule has 0 atom stereocenters. The van der Waals surface area contributed by atoms with E-state index in [-0.39, 0.29) is 11.2 Å². The number of guanidine groups is 1. The van der Waals surface area contributed by atoms with E-state index in [4.69, 9.17) is 9.73 Å². The summed E-state index contributed by atoms with van der Waals surface area (Å²) in [4.78, 5) is 7.09. The number of aliphatic imine (C=N–C) groups is 1. The summed E-state index contributed by atoms with van der Waals surface area (Å²) in [7, 11) is 1.94. The van der Waals surface area contributed by atoms with Crippen molar-refractivity contribution in [2.75, 3.05) is 45.9 Å². The number of benzene rings is 1. The highest BCUT2D eigenvalue weighted by Crippen LogP contribution is 2.22. The zero-order valence-electron chi connectivity index (χ0n) is 19.0. The average Bonchev–Trinajstić information content (AvgIpc) is 3.08. The molecule has 3 rings (SSSR count). The number of rotatable bonds is 8. The van der Waals surface area contributed by atoms with Gasteiger partial charge >= 0.3 is 0 Å². The fraction of sp³-hybridized carbons (Fsp3) is 0.591. The fourth-order valence-corrected chi connectivity index (χ4v) is 3.39. The van der Waals surface area contributed by atoms with Gasteiger partial charge in [0.2, 0.25) is 0 Å². The Morgan fingerprint density at radius 1 is 1.23 bits per heavy atom. The van der Waals surface area contributed by atoms with E-state index in [9.17, 15) is 4.39 Å². The zero-order chi connectivity index (χ0) is 22.3. The average molecular weight is 432 g/mol. The highest BCUT2D eigenvalue weighted by molar-refractivity contribution is 5.79. The maximum absolute atomic E-state index is 13.7. The van der Waals surface area contributed by atoms with Crippen LogP contribution in [0, 0.1) is 12.7 Å². The monoisotopic (exact) mass is 431 g/mol. The molecule has 0 bridgehead atoms. The highest BCUT2D eigenvalue weighted by Gasteiger charge is 2.21. The molecular formula is C22H34FN7O. The Labute approximate surface area is 183 Å². The van der Waals surface area contributed by atoms with Crippen molar-refractivity contribution in [3.05, 3.63) is 47.3 Å². The second-order valence-corrected chi connectivity index (χ2v) is 8.52. The minimum absolute atomic E-state index is 0.222. The lowest BCUT2D eigenvalue weighted by Crippen LogP contribution is -2.47. The summed E-state index contributed by atoms with van der Waals surface area (Å²) in [6, 6.07) is 6.76. The second-order valence-electron chi connectivity index (χ2n) is 8.52. The molecule has 1 aromatic heterocycles. The summed E-state index contributed by atoms with van der Waals surface area (Å²) < 4.78 is 21.1. The second kappa shape index (κ2) is 10.7. The first-order valence-electron chi connectivity index (χ1n) is 10.8. The maximum atomic E-state index is 13.7. The van der Waals surface area contributed by atoms with Crippen molar-refractivity contribution in [3.8, 4) is 0 Å². The van der Waals surface area contributed by atoms with Crippen molar-refractivity contribution in [2.24, 2.45) is 12.0 Å². The van der Waals surface area contributed by atoms with Crippen molar-refractivity contribution in [1.82, 2.24) is 30.3 Å². The van der Waals surface area contributed by atoms with Gasteiger partial charge in [-0.15, -0.1) is 10.2 Å². The van der Waals surface area contributed by atoms with Crippen LogP contribution in [0.3, 0.4) is 0 Å². The van der Waals surface area contributed by atoms with Gasteiger partial charge in [0.15, 0.2) is 11.8 Å². The molecule has 1 aromatic carbocycles. The number of nitrogens with zero attached hydrogens (tertiary/aromatic N) is 5. The van der Waals surface area contributed by atoms with Gasteiger partial charge in [-0.1, -0.05) is 26.0 Å². The van der Waals surface area contributed by atoms with E-state index >= 15 is 0 Å². The number of nitrogens with one attached hydrogen (secondary N) is 2. The predicted molar refractivity (Wildman–Crippen MR) is 120 cm³/mol. The third kappa shape index (κ3) is 6.73. The van der Waals surface area contributed by atoms with Crippen LogP contribution in [-0.2, 0) is 23.7 Å². The SMILES string of the molecule is Cc1nnc(CN=C(NCCN2CCOCC2)NCC(C)(C)c2cccc(F)c2)n1C. The molecule has 1 fully saturated rings. The molecule has 1 saturated heterocycles. The Bertz CT molecular complexity index is 874. The predicted octanol–water partition coefficient (Wildman–Crippen LogP) is 1.61. The van der Waals surface area contributed by atoms with Gasteiger partial charge in [0.1, 0.15) is 18.2 Å². The topological polar surface area (TPSA) is 79.6 Å². The Hall–Kier alpha value is -2.52. The van der Waals surface area contributed by atoms with Gasteiger partial charge in [-0.2, -0.15) is 0 Å². The van der Waals surface area contributed by atoms with Crippen molar-refractivity contribution < 1.29 is 9.13 Å². The van der Waals surface area contributed by atoms with E-state index in [1.54, 1.807) is 12.1 Å². The third-order valence-electron chi connectivity index (χ3n) is 5.69. The van der Waals surface area contributed by atoms with E-state index in [1.807, 2.05) is 24.6 Å². The van der Waals surface area contributed by atoms with E-state index in [0.717, 1.165) is 56.6 Å². The van der Waals surface area contributed by atoms with E-state index in [0.29, 0.717) is 19.0 Å². The van der Waals surface area contributed by atoms with Crippen molar-refractivity contribution >= 4 is 5.96 Å². The molecule has 2 aromatic rings. The summed E-state index contributed by atoms with van der Waals surface area (Å²) in [5.41, 5.74) is 0.674. The number of hydrogen-bond donors (Lipinski definition) is 2. The van der Waals surface area contributed by atoms with Gasteiger partial charge < -0.3 is 19.9 Å². The Balaban J connectivity index is 1.63. The molecule has 2 N–H and O–H groups in total. The number of aromatic nitrogens is 3. The first-order valence-corrected chi connectivity index (χ1v) is 10.8. The summed E-state index contributed by atoms with van der Waals surface area (Å²) in [5.74, 6) is 2.14. The van der Waals surface area contributed by atoms with Gasteiger partial charge in [0.25, 0.3) is 0 Å². The molecule has 9 heteroatoms. The maximum Gasteiger partial charge on any atom is 0.191 e. The lowest BCUT2D eigenvalue weighted by molar-refractivity contribution is 0.0389. The lowest BCUT2D eigenvalue weighted by atomic mass is 9.84. The van der Waals surface area contributed by atoms with Gasteiger partial charge in [-0.3, -0.25) is 4.90 Å². The summed E-state index contributed by atoms with van der Waals surface area (Å²) in [6.45, 7) is 12.3. The van der Waals surface area contributed by atoms with Crippen molar-refractivity contribution in [1.29, 1.82) is 0 Å². The Kier molecular flexibility index (Phi) is 7.97. The molecule has 1 aliphatic heterocycles. The number of morpholine rings is 1. The molecular weight excluding hydrogens is 397 g/mol. The van der Waals surface area contributed by atoms with Crippen LogP contribution >= 0.6 is 0 Å². The molecule has 0 aliphatic carbocycles. The molecule has 31 heavy (non-hydrogen) atoms. The van der Waals surface area contributed by atoms with Crippen LogP contribution in [0.5, 0.6) is 0 Å². The van der Waals surface area contributed by atoms with Crippen LogP contribution < -0.4 is 10.6 Å². The van der Waals surface area contributed by atoms with Crippen LogP contribution in [0.15, 0.2) is 29.3 Å². The van der Waals surface area contributed by atoms with Gasteiger partial charge in [-0.05, 0) is 24.6 Å². The van der Waals surface area contributed by atoms with Crippen LogP contribution in [0.1, 0.15) is 31.1 Å². The number of hydrogen-bond acceptors (Lipinski definition) is 5. The Morgan fingerprint density at radius 2 is 2.00 bits per heavy atom. The fourth-order valence-electron chi connectivity index (χ4n) is 3.39. The van der Waals surface area contributed by atoms with Crippen LogP contribution in [-0.4, -0.2) is 71.6 Å². The molecule has 0 unspecified atom stereocenters. The van der Waals surface area contributed by atoms with Crippen LogP contribution in [0.25, 0.3) is 0 Å². The highest BCUT2D eigenvalue weighted by atomic mass is 19.1. The lowest BCUT2D eigenvalue weighted by Gasteiger charge is -2.28. The largest absolute Gasteiger partial charge is 0.379 e. The molecule has 170 valence electrons. The molecule has 0 spiro atoms. The summed E-state index contributed by atoms with van der Waals surface area (Å²) >= 11 is 0. The summed E-state index contributed by atoms with van der Waals surface area (Å²) in [6.07, 6.45) is 0. The van der Waals surface area contributed by atoms with E-state index < -0.39 is 0 Å². The van der Waals surface area contributed by atoms with Gasteiger partial charge in [-0.25, -0.2) is 9.38 Å². The van der Waals surface area contributed by atoms with Gasteiger partial charge in [0.05, 0.1) is 13.2 Å². The first kappa shape index (κ1) is 23.1. The van der Waals surface area contributed by atoms with E-state index in [1.165, 1.54) is 6.07 Å². The van der Waals surface area contributed by atoms with E-state index in [2.05, 4.69) is 39.6 Å². The third-order valence-corrected chi connectivity index (χ3v) is 5.69. The first-order chi connectivity index (χ1) is 14.8. The molecule has 2 heterocycles. The number of halogens is 1. The molecule has 0 amide bonds. The van der Waals surface area contributed by atoms with Crippen LogP contribution in [0.2, 0.25) is 0 Å². The summed E-state index contributed by atoms with van der Waals surface area (Å²) in [5, 5.41) is 15.1. The minimum Gasteiger partial charge on any atom is -0.379 e. The van der Waals surface area contributed by atoms with Crippen molar-refractivity contribution in [3.63, 3.8) is 0 Å². The van der Waals surface area contributed by atoms with Crippen LogP contribution in [0.4, 0.5) is 4.39 Å². The number of aryl methyl sites for hydroxylation is 1. The molecule has 8 nitrogen and oxygen atoms in total. The normalized spacial score (nSPS) is 15.8. The molecule has 1 aliphatic rings. The number of ether oxygens (including phenoxy) is 1. The minimum atomic E-state index is -0.268. The van der Waals surface area contributed by atoms with Crippen molar-refractivity contribution in [2.45, 2.75) is 32.7 Å². The smallest absolute Gasteiger partial charge is 0.191 e. The molecule has 0 saturated carbocycles. The van der Waals surface area contributed by atoms with Gasteiger partial charge in [0, 0.05) is 45.2 Å². The molecule has 0 radical (unpaired) electrons.